The van der Waals surface area contributed by atoms with Crippen molar-refractivity contribution in [3.05, 3.63) is 140 Å². The molecule has 5 heteroatoms. The molecule has 43 heavy (non-hydrogen) atoms. The van der Waals surface area contributed by atoms with Gasteiger partial charge >= 0.3 is 0 Å². The van der Waals surface area contributed by atoms with E-state index >= 15 is 0 Å². The molecule has 0 amide bonds. The molecule has 10 rings (SSSR count). The van der Waals surface area contributed by atoms with E-state index in [1.807, 2.05) is 24.8 Å². The Bertz CT molecular complexity index is 2710. The van der Waals surface area contributed by atoms with E-state index in [-0.39, 0.29) is 0 Å². The van der Waals surface area contributed by atoms with Gasteiger partial charge in [-0.1, -0.05) is 54.6 Å². The Hall–Kier alpha value is -5.94. The first-order chi connectivity index (χ1) is 21.4. The Morgan fingerprint density at radius 1 is 0.442 bits per heavy atom. The first kappa shape index (κ1) is 22.7. The summed E-state index contributed by atoms with van der Waals surface area (Å²) in [5.74, 6) is 0. The maximum Gasteiger partial charge on any atom is 0.145 e. The van der Waals surface area contributed by atoms with Crippen LogP contribution in [0.5, 0.6) is 0 Å². The minimum atomic E-state index is 0.954. The molecule has 200 valence electrons. The Labute approximate surface area is 245 Å². The van der Waals surface area contributed by atoms with Gasteiger partial charge in [0, 0.05) is 73.9 Å². The summed E-state index contributed by atoms with van der Waals surface area (Å²) in [6, 6.07) is 41.4. The second-order valence-electron chi connectivity index (χ2n) is 11.1. The van der Waals surface area contributed by atoms with Gasteiger partial charge in [0.15, 0.2) is 0 Å². The van der Waals surface area contributed by atoms with Crippen LogP contribution in [-0.2, 0) is 0 Å². The van der Waals surface area contributed by atoms with E-state index in [0.29, 0.717) is 0 Å². The Morgan fingerprint density at radius 2 is 1.14 bits per heavy atom. The van der Waals surface area contributed by atoms with Crippen LogP contribution in [0.1, 0.15) is 0 Å². The van der Waals surface area contributed by atoms with Crippen molar-refractivity contribution >= 4 is 70.9 Å². The van der Waals surface area contributed by atoms with Gasteiger partial charge in [-0.3, -0.25) is 9.38 Å². The number of fused-ring (bicyclic) bond motifs is 13. The predicted molar refractivity (Wildman–Crippen MR) is 177 cm³/mol. The average molecular weight is 550 g/mol. The van der Waals surface area contributed by atoms with Crippen LogP contribution in [0.2, 0.25) is 0 Å². The Balaban J connectivity index is 1.50. The van der Waals surface area contributed by atoms with Gasteiger partial charge in [-0.15, -0.1) is 0 Å². The highest BCUT2D eigenvalue weighted by atomic mass is 15.0. The maximum absolute atomic E-state index is 4.81. The van der Waals surface area contributed by atoms with Crippen molar-refractivity contribution in [3.8, 4) is 11.4 Å². The molecule has 0 saturated heterocycles. The summed E-state index contributed by atoms with van der Waals surface area (Å²) in [4.78, 5) is 9.41. The van der Waals surface area contributed by atoms with Crippen molar-refractivity contribution in [2.24, 2.45) is 0 Å². The molecule has 0 fully saturated rings. The number of aromatic nitrogens is 5. The molecule has 0 N–H and O–H groups in total. The van der Waals surface area contributed by atoms with Crippen LogP contribution in [-0.4, -0.2) is 23.5 Å². The number of imidazole rings is 1. The molecule has 0 aliphatic heterocycles. The number of rotatable bonds is 2. The van der Waals surface area contributed by atoms with E-state index in [1.165, 1.54) is 43.5 Å². The van der Waals surface area contributed by atoms with Gasteiger partial charge in [-0.25, -0.2) is 4.98 Å². The molecule has 5 nitrogen and oxygen atoms in total. The molecule has 0 spiro atoms. The van der Waals surface area contributed by atoms with Crippen molar-refractivity contribution in [1.29, 1.82) is 0 Å². The second-order valence-corrected chi connectivity index (χ2v) is 11.1. The van der Waals surface area contributed by atoms with Crippen molar-refractivity contribution in [2.45, 2.75) is 0 Å². The van der Waals surface area contributed by atoms with E-state index in [1.54, 1.807) is 0 Å². The van der Waals surface area contributed by atoms with E-state index in [2.05, 4.69) is 134 Å². The minimum absolute atomic E-state index is 0.954. The monoisotopic (exact) mass is 549 g/mol. The zero-order chi connectivity index (χ0) is 28.1. The number of hydrogen-bond acceptors (Lipinski definition) is 2. The van der Waals surface area contributed by atoms with Gasteiger partial charge in [0.1, 0.15) is 5.65 Å². The van der Waals surface area contributed by atoms with Crippen LogP contribution >= 0.6 is 0 Å². The third kappa shape index (κ3) is 2.95. The smallest absolute Gasteiger partial charge is 0.145 e. The summed E-state index contributed by atoms with van der Waals surface area (Å²) < 4.78 is 6.98. The van der Waals surface area contributed by atoms with Crippen molar-refractivity contribution < 1.29 is 0 Å². The predicted octanol–water partition coefficient (Wildman–Crippen LogP) is 9.23. The molecule has 5 aromatic carbocycles. The number of hydrogen-bond donors (Lipinski definition) is 0. The normalized spacial score (nSPS) is 12.2. The minimum Gasteiger partial charge on any atom is -0.309 e. The van der Waals surface area contributed by atoms with Gasteiger partial charge in [0.2, 0.25) is 0 Å². The van der Waals surface area contributed by atoms with E-state index in [0.717, 1.165) is 38.8 Å². The number of para-hydroxylation sites is 3. The molecular weight excluding hydrogens is 526 g/mol. The molecular formula is C38H23N5. The third-order valence-electron chi connectivity index (χ3n) is 8.96. The molecule has 5 aromatic heterocycles. The summed E-state index contributed by atoms with van der Waals surface area (Å²) in [6.45, 7) is 0. The lowest BCUT2D eigenvalue weighted by Gasteiger charge is -2.11. The van der Waals surface area contributed by atoms with Crippen LogP contribution in [0, 0.1) is 0 Å². The second kappa shape index (κ2) is 8.30. The largest absolute Gasteiger partial charge is 0.309 e. The maximum atomic E-state index is 4.81. The lowest BCUT2D eigenvalue weighted by molar-refractivity contribution is 1.17. The van der Waals surface area contributed by atoms with Crippen molar-refractivity contribution in [2.75, 3.05) is 0 Å². The first-order valence-electron chi connectivity index (χ1n) is 14.5. The molecule has 5 heterocycles. The molecule has 0 unspecified atom stereocenters. The van der Waals surface area contributed by atoms with E-state index < -0.39 is 0 Å². The highest BCUT2D eigenvalue weighted by molar-refractivity contribution is 6.31. The molecule has 0 saturated carbocycles. The van der Waals surface area contributed by atoms with Crippen LogP contribution in [0.15, 0.2) is 140 Å². The van der Waals surface area contributed by atoms with Gasteiger partial charge in [0.05, 0.1) is 27.6 Å². The molecule has 0 radical (unpaired) electrons. The zero-order valence-electron chi connectivity index (χ0n) is 23.0. The highest BCUT2D eigenvalue weighted by Gasteiger charge is 2.22. The van der Waals surface area contributed by atoms with Gasteiger partial charge in [0.25, 0.3) is 0 Å². The van der Waals surface area contributed by atoms with E-state index in [9.17, 15) is 0 Å². The quantitative estimate of drug-likeness (QED) is 0.202. The van der Waals surface area contributed by atoms with Crippen molar-refractivity contribution in [1.82, 2.24) is 23.5 Å². The number of pyridine rings is 2. The highest BCUT2D eigenvalue weighted by Crippen LogP contribution is 2.43. The number of nitrogens with zero attached hydrogens (tertiary/aromatic N) is 5. The molecule has 0 aliphatic carbocycles. The summed E-state index contributed by atoms with van der Waals surface area (Å²) in [5, 5.41) is 8.31. The van der Waals surface area contributed by atoms with Crippen LogP contribution in [0.4, 0.5) is 0 Å². The van der Waals surface area contributed by atoms with Crippen LogP contribution < -0.4 is 0 Å². The summed E-state index contributed by atoms with van der Waals surface area (Å²) in [6.07, 6.45) is 7.79. The summed E-state index contributed by atoms with van der Waals surface area (Å²) in [7, 11) is 0. The molecule has 10 aromatic rings. The van der Waals surface area contributed by atoms with Gasteiger partial charge in [-0.05, 0) is 60.7 Å². The fourth-order valence-electron chi connectivity index (χ4n) is 7.23. The van der Waals surface area contributed by atoms with Crippen molar-refractivity contribution in [3.63, 3.8) is 0 Å². The third-order valence-corrected chi connectivity index (χ3v) is 8.96. The fraction of sp³-hybridized carbons (Fsp3) is 0. The zero-order valence-corrected chi connectivity index (χ0v) is 23.0. The summed E-state index contributed by atoms with van der Waals surface area (Å²) >= 11 is 0. The van der Waals surface area contributed by atoms with Crippen LogP contribution in [0.25, 0.3) is 82.3 Å². The lowest BCUT2D eigenvalue weighted by atomic mass is 10.0. The SMILES string of the molecule is c1ccc(-n2c3ccccc3c3cc4c(cc32)c2c3c5cnccc5n5ccnc5c3ccc2n4-c2ccccc2)cc1. The summed E-state index contributed by atoms with van der Waals surface area (Å²) in [5.41, 5.74) is 9.07. The molecule has 0 atom stereocenters. The van der Waals surface area contributed by atoms with Crippen LogP contribution in [0.3, 0.4) is 0 Å². The molecule has 0 bridgehead atoms. The Kier molecular flexibility index (Phi) is 4.39. The van der Waals surface area contributed by atoms with Gasteiger partial charge in [-0.2, -0.15) is 0 Å². The fourth-order valence-corrected chi connectivity index (χ4v) is 7.23. The molecule has 0 aliphatic rings. The first-order valence-corrected chi connectivity index (χ1v) is 14.5. The lowest BCUT2D eigenvalue weighted by Crippen LogP contribution is -1.94. The average Bonchev–Trinajstić information content (AvgIpc) is 3.77. The van der Waals surface area contributed by atoms with Gasteiger partial charge < -0.3 is 9.13 Å². The van der Waals surface area contributed by atoms with E-state index in [4.69, 9.17) is 4.98 Å². The Morgan fingerprint density at radius 3 is 1.95 bits per heavy atom. The standard InChI is InChI=1S/C38H23N5/c1-3-9-24(10-4-1)42-32-14-8-7-13-26(32)28-21-35-29(22-34(28)42)37-33(43(35)25-11-5-2-6-12-25)16-15-27-36(37)30-23-39-18-17-31(30)41-20-19-40-38(27)41/h1-23H. The number of benzene rings is 5. The topological polar surface area (TPSA) is 40.1 Å².